The van der Waals surface area contributed by atoms with Gasteiger partial charge < -0.3 is 40.7 Å². The highest BCUT2D eigenvalue weighted by atomic mass is 16.5. The van der Waals surface area contributed by atoms with E-state index in [1.807, 2.05) is 24.9 Å². The zero-order valence-corrected chi connectivity index (χ0v) is 23.4. The molecular formula is C29H35N5O6. The molecule has 1 fully saturated rings. The van der Waals surface area contributed by atoms with Crippen molar-refractivity contribution in [1.82, 2.24) is 15.1 Å². The lowest BCUT2D eigenvalue weighted by Crippen LogP contribution is -2.62. The van der Waals surface area contributed by atoms with Crippen LogP contribution in [-0.4, -0.2) is 77.0 Å². The first kappa shape index (κ1) is 27.4. The van der Waals surface area contributed by atoms with Crippen LogP contribution >= 0.6 is 0 Å². The quantitative estimate of drug-likeness (QED) is 0.349. The summed E-state index contributed by atoms with van der Waals surface area (Å²) in [4.78, 5) is 16.5. The molecule has 1 saturated heterocycles. The van der Waals surface area contributed by atoms with Crippen LogP contribution in [0.3, 0.4) is 0 Å². The number of nitrogens with two attached hydrogens (primary N) is 1. The van der Waals surface area contributed by atoms with Crippen molar-refractivity contribution in [3.63, 3.8) is 0 Å². The first-order chi connectivity index (χ1) is 19.0. The normalized spacial score (nSPS) is 23.6. The third-order valence-corrected chi connectivity index (χ3v) is 8.54. The lowest BCUT2D eigenvalue weighted by atomic mass is 9.75. The number of benzene rings is 2. The standard InChI is InChI=1S/C29H35N5O6/c1-12-7-15-8-17-19(10-30)34-18(23(33(17)4)21(15)25(36)27(12)39-5)9-16-22(20(34)11-32-29(38)14(3)31)26(37)28(40-6)13(2)24(16)35/h7,9,14,17,19-20,23,35-37H,8,11,31H2,1-6H3,(H,32,38)/t14-,17?,19+,20+,23?/m1/s1. The molecule has 0 saturated carbocycles. The third-order valence-electron chi connectivity index (χ3n) is 8.54. The summed E-state index contributed by atoms with van der Waals surface area (Å²) < 4.78 is 11.0. The molecule has 5 rings (SSSR count). The number of amides is 1. The SMILES string of the molecule is COc1c(C)cc2c(c1O)C1C3=Cc4c(O)c(C)c(OC)c(O)c4[C@H](CNC(=O)[C@@H](C)N)N3[C@@H](C#N)C(C2)N1C. The molecule has 212 valence electrons. The molecule has 2 bridgehead atoms. The second-order valence-electron chi connectivity index (χ2n) is 10.8. The molecule has 5 atom stereocenters. The van der Waals surface area contributed by atoms with Crippen LogP contribution in [0.4, 0.5) is 0 Å². The number of phenols is 3. The zero-order valence-electron chi connectivity index (χ0n) is 23.4. The number of aryl methyl sites for hydroxylation is 1. The maximum atomic E-state index is 12.6. The lowest BCUT2D eigenvalue weighted by Gasteiger charge is -2.57. The zero-order chi connectivity index (χ0) is 29.2. The van der Waals surface area contributed by atoms with E-state index in [9.17, 15) is 25.4 Å². The summed E-state index contributed by atoms with van der Waals surface area (Å²) in [5.74, 6) is -0.147. The summed E-state index contributed by atoms with van der Waals surface area (Å²) in [6, 6.07) is 1.45. The van der Waals surface area contributed by atoms with Gasteiger partial charge in [0.25, 0.3) is 0 Å². The van der Waals surface area contributed by atoms with Crippen molar-refractivity contribution in [1.29, 1.82) is 5.26 Å². The highest BCUT2D eigenvalue weighted by molar-refractivity contribution is 5.81. The Morgan fingerprint density at radius 2 is 1.82 bits per heavy atom. The first-order valence-electron chi connectivity index (χ1n) is 13.1. The number of rotatable bonds is 5. The Morgan fingerprint density at radius 3 is 2.42 bits per heavy atom. The molecule has 2 aromatic rings. The predicted octanol–water partition coefficient (Wildman–Crippen LogP) is 2.10. The van der Waals surface area contributed by atoms with Gasteiger partial charge in [0.2, 0.25) is 5.91 Å². The molecule has 40 heavy (non-hydrogen) atoms. The smallest absolute Gasteiger partial charge is 0.236 e. The molecule has 3 aliphatic rings. The van der Waals surface area contributed by atoms with Gasteiger partial charge in [-0.3, -0.25) is 9.69 Å². The Bertz CT molecular complexity index is 1480. The van der Waals surface area contributed by atoms with Crippen LogP contribution in [0.5, 0.6) is 28.7 Å². The van der Waals surface area contributed by atoms with Crippen LogP contribution < -0.4 is 20.5 Å². The molecule has 0 spiro atoms. The number of aromatic hydroxyl groups is 3. The summed E-state index contributed by atoms with van der Waals surface area (Å²) in [7, 11) is 4.82. The van der Waals surface area contributed by atoms with E-state index in [2.05, 4.69) is 16.3 Å². The van der Waals surface area contributed by atoms with Gasteiger partial charge in [-0.2, -0.15) is 5.26 Å². The van der Waals surface area contributed by atoms with Crippen LogP contribution in [0.15, 0.2) is 11.8 Å². The van der Waals surface area contributed by atoms with Gasteiger partial charge in [-0.25, -0.2) is 0 Å². The van der Waals surface area contributed by atoms with Crippen LogP contribution in [0, 0.1) is 25.2 Å². The number of fused-ring (bicyclic) bond motifs is 7. The fourth-order valence-electron chi connectivity index (χ4n) is 6.66. The van der Waals surface area contributed by atoms with E-state index in [0.29, 0.717) is 40.1 Å². The van der Waals surface area contributed by atoms with Crippen LogP contribution in [0.2, 0.25) is 0 Å². The molecule has 0 aromatic heterocycles. The van der Waals surface area contributed by atoms with E-state index in [1.54, 1.807) is 19.9 Å². The largest absolute Gasteiger partial charge is 0.507 e. The van der Waals surface area contributed by atoms with Crippen LogP contribution in [0.1, 0.15) is 52.4 Å². The number of hydrogen-bond donors (Lipinski definition) is 5. The minimum Gasteiger partial charge on any atom is -0.507 e. The van der Waals surface area contributed by atoms with Crippen LogP contribution in [-0.2, 0) is 11.2 Å². The first-order valence-corrected chi connectivity index (χ1v) is 13.1. The average Bonchev–Trinajstić information content (AvgIpc) is 2.91. The van der Waals surface area contributed by atoms with Crippen molar-refractivity contribution in [3.05, 3.63) is 45.1 Å². The molecule has 2 unspecified atom stereocenters. The minimum absolute atomic E-state index is 0.00131. The Hall–Kier alpha value is -4.14. The van der Waals surface area contributed by atoms with Gasteiger partial charge >= 0.3 is 0 Å². The lowest BCUT2D eigenvalue weighted by molar-refractivity contribution is -0.122. The van der Waals surface area contributed by atoms with Crippen molar-refractivity contribution in [2.24, 2.45) is 5.73 Å². The van der Waals surface area contributed by atoms with Crippen molar-refractivity contribution in [2.75, 3.05) is 27.8 Å². The Kier molecular flexibility index (Phi) is 6.72. The molecule has 2 aromatic carbocycles. The van der Waals surface area contributed by atoms with Gasteiger partial charge in [-0.1, -0.05) is 6.07 Å². The van der Waals surface area contributed by atoms with Gasteiger partial charge in [0.15, 0.2) is 23.0 Å². The van der Waals surface area contributed by atoms with Gasteiger partial charge in [-0.15, -0.1) is 0 Å². The molecule has 1 amide bonds. The number of likely N-dealkylation sites (N-methyl/N-ethyl adjacent to an activating group) is 1. The van der Waals surface area contributed by atoms with Crippen molar-refractivity contribution in [3.8, 4) is 34.8 Å². The average molecular weight is 550 g/mol. The van der Waals surface area contributed by atoms with Crippen molar-refractivity contribution >= 4 is 12.0 Å². The third kappa shape index (κ3) is 3.74. The van der Waals surface area contributed by atoms with E-state index < -0.39 is 30.1 Å². The van der Waals surface area contributed by atoms with E-state index in [0.717, 1.165) is 11.1 Å². The van der Waals surface area contributed by atoms with Crippen LogP contribution in [0.25, 0.3) is 6.08 Å². The van der Waals surface area contributed by atoms with E-state index in [4.69, 9.17) is 15.2 Å². The number of hydrogen-bond acceptors (Lipinski definition) is 10. The maximum Gasteiger partial charge on any atom is 0.236 e. The number of nitrogens with one attached hydrogen (secondary N) is 1. The number of methoxy groups -OCH3 is 2. The number of ether oxygens (including phenoxy) is 2. The summed E-state index contributed by atoms with van der Waals surface area (Å²) in [5, 5.41) is 47.5. The number of piperazine rings is 1. The highest BCUT2D eigenvalue weighted by Gasteiger charge is 2.53. The monoisotopic (exact) mass is 549 g/mol. The number of carbonyl (C=O) groups is 1. The second kappa shape index (κ2) is 9.80. The number of nitriles is 1. The molecular weight excluding hydrogens is 514 g/mol. The highest BCUT2D eigenvalue weighted by Crippen LogP contribution is 2.57. The fourth-order valence-corrected chi connectivity index (χ4v) is 6.66. The summed E-state index contributed by atoms with van der Waals surface area (Å²) in [6.45, 7) is 5.08. The molecule has 11 nitrogen and oxygen atoms in total. The minimum atomic E-state index is -0.772. The predicted molar refractivity (Wildman–Crippen MR) is 147 cm³/mol. The summed E-state index contributed by atoms with van der Waals surface area (Å²) in [5.41, 5.74) is 9.85. The van der Waals surface area contributed by atoms with E-state index in [1.165, 1.54) is 14.2 Å². The summed E-state index contributed by atoms with van der Waals surface area (Å²) in [6.07, 6.45) is 2.24. The van der Waals surface area contributed by atoms with Gasteiger partial charge in [-0.05, 0) is 51.4 Å². The Morgan fingerprint density at radius 1 is 1.18 bits per heavy atom. The number of nitrogens with zero attached hydrogens (tertiary/aromatic N) is 3. The van der Waals surface area contributed by atoms with Gasteiger partial charge in [0.05, 0.1) is 38.4 Å². The molecule has 0 aliphatic carbocycles. The van der Waals surface area contributed by atoms with Gasteiger partial charge in [0, 0.05) is 40.5 Å². The Labute approximate surface area is 233 Å². The number of carbonyl (C=O) groups excluding carboxylic acids is 1. The van der Waals surface area contributed by atoms with E-state index >= 15 is 0 Å². The maximum absolute atomic E-state index is 12.6. The topological polar surface area (TPSA) is 165 Å². The van der Waals surface area contributed by atoms with Gasteiger partial charge in [0.1, 0.15) is 11.8 Å². The molecule has 6 N–H and O–H groups in total. The number of phenolic OH excluding ortho intramolecular Hbond substituents is 3. The molecule has 0 radical (unpaired) electrons. The van der Waals surface area contributed by atoms with Crippen molar-refractivity contribution < 1.29 is 29.6 Å². The van der Waals surface area contributed by atoms with E-state index in [-0.39, 0.29) is 35.6 Å². The summed E-state index contributed by atoms with van der Waals surface area (Å²) >= 11 is 0. The molecule has 3 heterocycles. The molecule has 3 aliphatic heterocycles. The van der Waals surface area contributed by atoms with Crippen molar-refractivity contribution in [2.45, 2.75) is 57.4 Å². The Balaban J connectivity index is 1.81. The fraction of sp³-hybridized carbons (Fsp3) is 0.448. The molecule has 11 heteroatoms. The second-order valence-corrected chi connectivity index (χ2v) is 10.8.